The molecule has 0 aliphatic carbocycles. The second-order valence-electron chi connectivity index (χ2n) is 6.91. The van der Waals surface area contributed by atoms with E-state index in [9.17, 15) is 23.1 Å². The van der Waals surface area contributed by atoms with E-state index in [0.29, 0.717) is 24.2 Å². The molecule has 7 nitrogen and oxygen atoms in total. The standard InChI is InChI=1S/C20H21NO6S/c1-12(2)27-18-8-7-13(28(3,25)26)11-16(18)19(22)21-10-9-14-15(20(23)24)5-4-6-17(14)21/h4-8,11-12H,9-10H2,1-3H3,(H,23,24). The number of carbonyl (C=O) groups is 2. The Kier molecular flexibility index (Phi) is 5.16. The van der Waals surface area contributed by atoms with E-state index in [0.717, 1.165) is 6.26 Å². The van der Waals surface area contributed by atoms with Gasteiger partial charge in [-0.3, -0.25) is 4.79 Å². The number of aromatic carboxylic acids is 1. The number of hydrogen-bond acceptors (Lipinski definition) is 5. The van der Waals surface area contributed by atoms with Crippen molar-refractivity contribution in [2.24, 2.45) is 0 Å². The van der Waals surface area contributed by atoms with E-state index in [1.54, 1.807) is 12.1 Å². The van der Waals surface area contributed by atoms with E-state index >= 15 is 0 Å². The highest BCUT2D eigenvalue weighted by atomic mass is 32.2. The van der Waals surface area contributed by atoms with E-state index in [1.807, 2.05) is 13.8 Å². The number of rotatable bonds is 5. The molecular formula is C20H21NO6S. The fourth-order valence-corrected chi connectivity index (χ4v) is 3.90. The van der Waals surface area contributed by atoms with Crippen molar-refractivity contribution in [3.05, 3.63) is 53.1 Å². The van der Waals surface area contributed by atoms with Crippen molar-refractivity contribution in [3.8, 4) is 5.75 Å². The molecule has 148 valence electrons. The summed E-state index contributed by atoms with van der Waals surface area (Å²) in [7, 11) is -3.51. The lowest BCUT2D eigenvalue weighted by Gasteiger charge is -2.21. The third kappa shape index (κ3) is 3.73. The minimum atomic E-state index is -3.51. The van der Waals surface area contributed by atoms with Crippen LogP contribution in [0.4, 0.5) is 5.69 Å². The molecule has 0 fully saturated rings. The molecule has 3 rings (SSSR count). The molecule has 1 aliphatic rings. The van der Waals surface area contributed by atoms with E-state index in [2.05, 4.69) is 0 Å². The summed E-state index contributed by atoms with van der Waals surface area (Å²) in [5, 5.41) is 9.37. The van der Waals surface area contributed by atoms with Crippen LogP contribution in [0.25, 0.3) is 0 Å². The Morgan fingerprint density at radius 2 is 1.86 bits per heavy atom. The first-order chi connectivity index (χ1) is 13.1. The maximum atomic E-state index is 13.3. The van der Waals surface area contributed by atoms with Gasteiger partial charge in [-0.2, -0.15) is 0 Å². The fourth-order valence-electron chi connectivity index (χ4n) is 3.25. The van der Waals surface area contributed by atoms with Crippen LogP contribution in [0.2, 0.25) is 0 Å². The van der Waals surface area contributed by atoms with Crippen LogP contribution in [-0.2, 0) is 16.3 Å². The van der Waals surface area contributed by atoms with Crippen LogP contribution in [0.1, 0.15) is 40.1 Å². The summed E-state index contributed by atoms with van der Waals surface area (Å²) < 4.78 is 29.6. The molecular weight excluding hydrogens is 382 g/mol. The third-order valence-corrected chi connectivity index (χ3v) is 5.59. The quantitative estimate of drug-likeness (QED) is 0.824. The van der Waals surface area contributed by atoms with Crippen LogP contribution in [0.5, 0.6) is 5.75 Å². The van der Waals surface area contributed by atoms with Crippen LogP contribution in [0.15, 0.2) is 41.3 Å². The molecule has 2 aromatic rings. The zero-order valence-corrected chi connectivity index (χ0v) is 16.6. The largest absolute Gasteiger partial charge is 0.490 e. The molecule has 0 spiro atoms. The van der Waals surface area contributed by atoms with E-state index in [-0.39, 0.29) is 27.9 Å². The highest BCUT2D eigenvalue weighted by Crippen LogP contribution is 2.34. The van der Waals surface area contributed by atoms with Crippen LogP contribution in [0.3, 0.4) is 0 Å². The average molecular weight is 403 g/mol. The van der Waals surface area contributed by atoms with Crippen LogP contribution in [0, 0.1) is 0 Å². The summed E-state index contributed by atoms with van der Waals surface area (Å²) in [4.78, 5) is 26.2. The van der Waals surface area contributed by atoms with Crippen molar-refractivity contribution >= 4 is 27.4 Å². The predicted octanol–water partition coefficient (Wildman–Crippen LogP) is 2.78. The van der Waals surface area contributed by atoms with Gasteiger partial charge >= 0.3 is 5.97 Å². The molecule has 0 bridgehead atoms. The second-order valence-corrected chi connectivity index (χ2v) is 8.93. The Bertz CT molecular complexity index is 1060. The van der Waals surface area contributed by atoms with Crippen LogP contribution >= 0.6 is 0 Å². The highest BCUT2D eigenvalue weighted by Gasteiger charge is 2.31. The van der Waals surface area contributed by atoms with Gasteiger partial charge in [0.25, 0.3) is 5.91 Å². The molecule has 8 heteroatoms. The molecule has 1 aliphatic heterocycles. The molecule has 0 unspecified atom stereocenters. The van der Waals surface area contributed by atoms with Gasteiger partial charge in [0, 0.05) is 18.5 Å². The van der Waals surface area contributed by atoms with Crippen LogP contribution < -0.4 is 9.64 Å². The lowest BCUT2D eigenvalue weighted by atomic mass is 10.1. The summed E-state index contributed by atoms with van der Waals surface area (Å²) in [5.41, 5.74) is 1.40. The van der Waals surface area contributed by atoms with Gasteiger partial charge in [-0.05, 0) is 56.2 Å². The summed E-state index contributed by atoms with van der Waals surface area (Å²) in [5.74, 6) is -1.19. The summed E-state index contributed by atoms with van der Waals surface area (Å²) >= 11 is 0. The van der Waals surface area contributed by atoms with E-state index < -0.39 is 21.7 Å². The van der Waals surface area contributed by atoms with Gasteiger partial charge < -0.3 is 14.7 Å². The lowest BCUT2D eigenvalue weighted by Crippen LogP contribution is -2.29. The first-order valence-electron chi connectivity index (χ1n) is 8.77. The van der Waals surface area contributed by atoms with Gasteiger partial charge in [-0.25, -0.2) is 13.2 Å². The molecule has 28 heavy (non-hydrogen) atoms. The van der Waals surface area contributed by atoms with Gasteiger partial charge in [0.05, 0.1) is 22.1 Å². The minimum absolute atomic E-state index is 0.0191. The Labute approximate surface area is 163 Å². The average Bonchev–Trinajstić information content (AvgIpc) is 3.03. The van der Waals surface area contributed by atoms with E-state index in [1.165, 1.54) is 29.2 Å². The van der Waals surface area contributed by atoms with Crippen molar-refractivity contribution in [2.45, 2.75) is 31.3 Å². The minimum Gasteiger partial charge on any atom is -0.490 e. The van der Waals surface area contributed by atoms with Gasteiger partial charge in [-0.15, -0.1) is 0 Å². The number of hydrogen-bond donors (Lipinski definition) is 1. The van der Waals surface area contributed by atoms with Crippen molar-refractivity contribution in [1.29, 1.82) is 0 Å². The molecule has 0 saturated heterocycles. The number of sulfone groups is 1. The Morgan fingerprint density at radius 3 is 2.46 bits per heavy atom. The normalized spacial score (nSPS) is 13.5. The van der Waals surface area contributed by atoms with Gasteiger partial charge in [0.1, 0.15) is 5.75 Å². The van der Waals surface area contributed by atoms with Crippen molar-refractivity contribution in [1.82, 2.24) is 0 Å². The number of benzene rings is 2. The van der Waals surface area contributed by atoms with Crippen molar-refractivity contribution in [3.63, 3.8) is 0 Å². The Morgan fingerprint density at radius 1 is 1.14 bits per heavy atom. The molecule has 1 amide bonds. The summed E-state index contributed by atoms with van der Waals surface area (Å²) in [6.07, 6.45) is 1.28. The number of nitrogens with zero attached hydrogens (tertiary/aromatic N) is 1. The van der Waals surface area contributed by atoms with Crippen LogP contribution in [-0.4, -0.2) is 44.3 Å². The first-order valence-corrected chi connectivity index (χ1v) is 10.7. The summed E-state index contributed by atoms with van der Waals surface area (Å²) in [6.45, 7) is 3.93. The number of carboxylic acid groups (broad SMARTS) is 1. The highest BCUT2D eigenvalue weighted by molar-refractivity contribution is 7.90. The topological polar surface area (TPSA) is 101 Å². The lowest BCUT2D eigenvalue weighted by molar-refractivity contribution is 0.0695. The molecule has 2 aromatic carbocycles. The second kappa shape index (κ2) is 7.27. The maximum Gasteiger partial charge on any atom is 0.336 e. The zero-order valence-electron chi connectivity index (χ0n) is 15.8. The molecule has 0 saturated carbocycles. The molecule has 1 N–H and O–H groups in total. The van der Waals surface area contributed by atoms with Gasteiger partial charge in [-0.1, -0.05) is 6.07 Å². The van der Waals surface area contributed by atoms with Crippen molar-refractivity contribution in [2.75, 3.05) is 17.7 Å². The van der Waals surface area contributed by atoms with E-state index in [4.69, 9.17) is 4.74 Å². The summed E-state index contributed by atoms with van der Waals surface area (Å²) in [6, 6.07) is 8.99. The van der Waals surface area contributed by atoms with Gasteiger partial charge in [0.15, 0.2) is 9.84 Å². The number of fused-ring (bicyclic) bond motifs is 1. The number of carboxylic acids is 1. The Hall–Kier alpha value is -2.87. The molecule has 0 atom stereocenters. The smallest absolute Gasteiger partial charge is 0.336 e. The number of amides is 1. The molecule has 1 heterocycles. The number of carbonyl (C=O) groups excluding carboxylic acids is 1. The number of ether oxygens (including phenoxy) is 1. The predicted molar refractivity (Wildman–Crippen MR) is 104 cm³/mol. The monoisotopic (exact) mass is 403 g/mol. The van der Waals surface area contributed by atoms with Crippen molar-refractivity contribution < 1.29 is 27.9 Å². The SMILES string of the molecule is CC(C)Oc1ccc(S(C)(=O)=O)cc1C(=O)N1CCc2c(C(=O)O)cccc21. The number of anilines is 1. The maximum absolute atomic E-state index is 13.3. The third-order valence-electron chi connectivity index (χ3n) is 4.48. The first kappa shape index (κ1) is 19.9. The van der Waals surface area contributed by atoms with Gasteiger partial charge in [0.2, 0.25) is 0 Å². The fraction of sp³-hybridized carbons (Fsp3) is 0.300. The zero-order chi connectivity index (χ0) is 20.6. The molecule has 0 aromatic heterocycles. The molecule has 0 radical (unpaired) electrons. The Balaban J connectivity index is 2.09.